The van der Waals surface area contributed by atoms with Crippen molar-refractivity contribution in [3.05, 3.63) is 23.5 Å². The molecule has 0 spiro atoms. The number of rotatable bonds is 8. The Labute approximate surface area is 116 Å². The van der Waals surface area contributed by atoms with Gasteiger partial charge in [-0.15, -0.1) is 0 Å². The Bertz CT molecular complexity index is 380. The Morgan fingerprint density at radius 2 is 2.00 bits per heavy atom. The van der Waals surface area contributed by atoms with Crippen LogP contribution in [0.1, 0.15) is 38.6 Å². The fourth-order valence-corrected chi connectivity index (χ4v) is 1.70. The maximum atomic E-state index is 6.00. The van der Waals surface area contributed by atoms with Crippen molar-refractivity contribution in [2.45, 2.75) is 52.7 Å². The largest absolute Gasteiger partial charge is 0.489 e. The molecule has 19 heavy (non-hydrogen) atoms. The third-order valence-electron chi connectivity index (χ3n) is 2.84. The Morgan fingerprint density at radius 1 is 1.26 bits per heavy atom. The van der Waals surface area contributed by atoms with E-state index in [4.69, 9.17) is 15.2 Å². The first-order valence-corrected chi connectivity index (χ1v) is 6.99. The summed E-state index contributed by atoms with van der Waals surface area (Å²) in [4.78, 5) is 4.53. The molecule has 0 amide bonds. The van der Waals surface area contributed by atoms with Gasteiger partial charge in [-0.25, -0.2) is 0 Å². The first-order valence-electron chi connectivity index (χ1n) is 6.99. The predicted molar refractivity (Wildman–Crippen MR) is 77.5 cm³/mol. The molecule has 0 saturated carbocycles. The molecule has 0 aliphatic heterocycles. The standard InChI is InChI=1S/C15H26N2O2/c1-5-13(16)10-14-15(7-6-12(4)17-14)19-9-8-18-11(2)3/h6-7,11,13H,5,8-10,16H2,1-4H3. The van der Waals surface area contributed by atoms with Crippen LogP contribution in [0.25, 0.3) is 0 Å². The molecule has 0 bridgehead atoms. The van der Waals surface area contributed by atoms with Crippen molar-refractivity contribution in [1.82, 2.24) is 4.98 Å². The molecule has 0 aliphatic rings. The molecule has 0 fully saturated rings. The lowest BCUT2D eigenvalue weighted by molar-refractivity contribution is 0.0549. The van der Waals surface area contributed by atoms with E-state index in [1.165, 1.54) is 0 Å². The smallest absolute Gasteiger partial charge is 0.140 e. The molecule has 2 N–H and O–H groups in total. The molecule has 1 atom stereocenters. The van der Waals surface area contributed by atoms with Crippen molar-refractivity contribution in [3.8, 4) is 5.75 Å². The molecule has 1 heterocycles. The zero-order valence-electron chi connectivity index (χ0n) is 12.5. The van der Waals surface area contributed by atoms with E-state index < -0.39 is 0 Å². The predicted octanol–water partition coefficient (Wildman–Crippen LogP) is 2.47. The van der Waals surface area contributed by atoms with Gasteiger partial charge in [-0.05, 0) is 39.3 Å². The second-order valence-electron chi connectivity index (χ2n) is 5.04. The van der Waals surface area contributed by atoms with Gasteiger partial charge in [0.05, 0.1) is 18.4 Å². The highest BCUT2D eigenvalue weighted by molar-refractivity contribution is 5.30. The summed E-state index contributed by atoms with van der Waals surface area (Å²) in [7, 11) is 0. The fourth-order valence-electron chi connectivity index (χ4n) is 1.70. The number of ether oxygens (including phenoxy) is 2. The molecular formula is C15H26N2O2. The van der Waals surface area contributed by atoms with Crippen LogP contribution in [0.15, 0.2) is 12.1 Å². The van der Waals surface area contributed by atoms with E-state index >= 15 is 0 Å². The number of hydrogen-bond acceptors (Lipinski definition) is 4. The van der Waals surface area contributed by atoms with Gasteiger partial charge in [0.1, 0.15) is 12.4 Å². The maximum Gasteiger partial charge on any atom is 0.140 e. The number of nitrogens with zero attached hydrogens (tertiary/aromatic N) is 1. The molecule has 108 valence electrons. The molecule has 4 nitrogen and oxygen atoms in total. The van der Waals surface area contributed by atoms with Crippen LogP contribution >= 0.6 is 0 Å². The molecular weight excluding hydrogens is 240 g/mol. The van der Waals surface area contributed by atoms with Gasteiger partial charge in [-0.1, -0.05) is 6.92 Å². The molecule has 0 aliphatic carbocycles. The van der Waals surface area contributed by atoms with E-state index in [9.17, 15) is 0 Å². The van der Waals surface area contributed by atoms with E-state index in [0.29, 0.717) is 13.2 Å². The van der Waals surface area contributed by atoms with Crippen LogP contribution in [0.5, 0.6) is 5.75 Å². The highest BCUT2D eigenvalue weighted by Gasteiger charge is 2.10. The first kappa shape index (κ1) is 15.9. The van der Waals surface area contributed by atoms with Crippen molar-refractivity contribution in [1.29, 1.82) is 0 Å². The average molecular weight is 266 g/mol. The molecule has 0 saturated heterocycles. The summed E-state index contributed by atoms with van der Waals surface area (Å²) in [5.74, 6) is 0.821. The third kappa shape index (κ3) is 6.03. The summed E-state index contributed by atoms with van der Waals surface area (Å²) in [5.41, 5.74) is 7.93. The number of pyridine rings is 1. The molecule has 0 radical (unpaired) electrons. The summed E-state index contributed by atoms with van der Waals surface area (Å²) >= 11 is 0. The third-order valence-corrected chi connectivity index (χ3v) is 2.84. The Morgan fingerprint density at radius 3 is 2.63 bits per heavy atom. The summed E-state index contributed by atoms with van der Waals surface area (Å²) in [6.45, 7) is 9.21. The van der Waals surface area contributed by atoms with Gasteiger partial charge >= 0.3 is 0 Å². The first-order chi connectivity index (χ1) is 9.02. The van der Waals surface area contributed by atoms with Gasteiger partial charge in [0.15, 0.2) is 0 Å². The van der Waals surface area contributed by atoms with Crippen molar-refractivity contribution >= 4 is 0 Å². The summed E-state index contributed by atoms with van der Waals surface area (Å²) in [6.07, 6.45) is 1.91. The van der Waals surface area contributed by atoms with Crippen LogP contribution in [0.2, 0.25) is 0 Å². The van der Waals surface area contributed by atoms with E-state index in [0.717, 1.165) is 30.0 Å². The van der Waals surface area contributed by atoms with Crippen molar-refractivity contribution in [2.24, 2.45) is 5.73 Å². The van der Waals surface area contributed by atoms with Gasteiger partial charge in [0.2, 0.25) is 0 Å². The number of aromatic nitrogens is 1. The van der Waals surface area contributed by atoms with Crippen molar-refractivity contribution in [2.75, 3.05) is 13.2 Å². The lowest BCUT2D eigenvalue weighted by atomic mass is 10.1. The summed E-state index contributed by atoms with van der Waals surface area (Å²) < 4.78 is 11.2. The summed E-state index contributed by atoms with van der Waals surface area (Å²) in [6, 6.07) is 4.05. The van der Waals surface area contributed by atoms with Gasteiger partial charge in [-0.3, -0.25) is 4.98 Å². The molecule has 1 unspecified atom stereocenters. The zero-order chi connectivity index (χ0) is 14.3. The van der Waals surface area contributed by atoms with E-state index in [2.05, 4.69) is 11.9 Å². The topological polar surface area (TPSA) is 57.4 Å². The second kappa shape index (κ2) is 8.12. The van der Waals surface area contributed by atoms with Crippen molar-refractivity contribution < 1.29 is 9.47 Å². The average Bonchev–Trinajstić information content (AvgIpc) is 2.36. The van der Waals surface area contributed by atoms with Crippen molar-refractivity contribution in [3.63, 3.8) is 0 Å². The molecule has 1 aromatic rings. The second-order valence-corrected chi connectivity index (χ2v) is 5.04. The lowest BCUT2D eigenvalue weighted by Crippen LogP contribution is -2.23. The summed E-state index contributed by atoms with van der Waals surface area (Å²) in [5, 5.41) is 0. The van der Waals surface area contributed by atoms with Crippen LogP contribution in [0.4, 0.5) is 0 Å². The Kier molecular flexibility index (Phi) is 6.81. The molecule has 1 aromatic heterocycles. The van der Waals surface area contributed by atoms with E-state index in [1.54, 1.807) is 0 Å². The molecule has 0 aromatic carbocycles. The van der Waals surface area contributed by atoms with Gasteiger partial charge in [0, 0.05) is 18.2 Å². The van der Waals surface area contributed by atoms with Crippen LogP contribution in [-0.4, -0.2) is 30.3 Å². The number of nitrogens with two attached hydrogens (primary N) is 1. The minimum Gasteiger partial charge on any atom is -0.489 e. The minimum absolute atomic E-state index is 0.128. The SMILES string of the molecule is CCC(N)Cc1nc(C)ccc1OCCOC(C)C. The number of aryl methyl sites for hydroxylation is 1. The number of hydrogen-bond donors (Lipinski definition) is 1. The highest BCUT2D eigenvalue weighted by Crippen LogP contribution is 2.19. The fraction of sp³-hybridized carbons (Fsp3) is 0.667. The van der Waals surface area contributed by atoms with Crippen LogP contribution in [-0.2, 0) is 11.2 Å². The monoisotopic (exact) mass is 266 g/mol. The zero-order valence-corrected chi connectivity index (χ0v) is 12.5. The van der Waals surface area contributed by atoms with Gasteiger partial charge < -0.3 is 15.2 Å². The normalized spacial score (nSPS) is 12.7. The maximum absolute atomic E-state index is 6.00. The quantitative estimate of drug-likeness (QED) is 0.734. The molecule has 4 heteroatoms. The van der Waals surface area contributed by atoms with Crippen LogP contribution < -0.4 is 10.5 Å². The lowest BCUT2D eigenvalue weighted by Gasteiger charge is -2.15. The minimum atomic E-state index is 0.128. The molecule has 1 rings (SSSR count). The van der Waals surface area contributed by atoms with E-state index in [1.807, 2.05) is 32.9 Å². The Balaban J connectivity index is 2.60. The Hall–Kier alpha value is -1.13. The highest BCUT2D eigenvalue weighted by atomic mass is 16.5. The van der Waals surface area contributed by atoms with Gasteiger partial charge in [0.25, 0.3) is 0 Å². The van der Waals surface area contributed by atoms with Crippen LogP contribution in [0, 0.1) is 6.92 Å². The van der Waals surface area contributed by atoms with E-state index in [-0.39, 0.29) is 12.1 Å². The van der Waals surface area contributed by atoms with Gasteiger partial charge in [-0.2, -0.15) is 0 Å². The van der Waals surface area contributed by atoms with Crippen LogP contribution in [0.3, 0.4) is 0 Å².